The van der Waals surface area contributed by atoms with Crippen molar-refractivity contribution >= 4 is 28.5 Å². The van der Waals surface area contributed by atoms with Crippen LogP contribution in [0.25, 0.3) is 11.0 Å². The van der Waals surface area contributed by atoms with E-state index in [9.17, 15) is 4.79 Å². The summed E-state index contributed by atoms with van der Waals surface area (Å²) < 4.78 is 5.77. The fourth-order valence-corrected chi connectivity index (χ4v) is 3.96. The van der Waals surface area contributed by atoms with Gasteiger partial charge in [-0.1, -0.05) is 48.0 Å². The van der Waals surface area contributed by atoms with E-state index in [1.807, 2.05) is 25.1 Å². The molecule has 3 aromatic rings. The minimum absolute atomic E-state index is 0.212. The number of halogens is 1. The Morgan fingerprint density at radius 1 is 1.11 bits per heavy atom. The molecular weight excluding hydrogens is 360 g/mol. The number of hydrogen-bond acceptors (Lipinski definition) is 3. The van der Waals surface area contributed by atoms with E-state index in [-0.39, 0.29) is 5.91 Å². The summed E-state index contributed by atoms with van der Waals surface area (Å²) in [4.78, 5) is 15.2. The Kier molecular flexibility index (Phi) is 5.19. The minimum Gasteiger partial charge on any atom is -0.449 e. The van der Waals surface area contributed by atoms with E-state index in [4.69, 9.17) is 16.0 Å². The van der Waals surface area contributed by atoms with E-state index in [1.165, 1.54) is 18.4 Å². The van der Waals surface area contributed by atoms with Gasteiger partial charge in [-0.15, -0.1) is 0 Å². The van der Waals surface area contributed by atoms with Crippen molar-refractivity contribution in [3.05, 3.63) is 69.9 Å². The van der Waals surface area contributed by atoms with E-state index in [2.05, 4.69) is 28.4 Å². The predicted octanol–water partition coefficient (Wildman–Crippen LogP) is 4.92. The molecule has 0 spiro atoms. The number of amides is 1. The van der Waals surface area contributed by atoms with E-state index in [1.54, 1.807) is 6.07 Å². The maximum atomic E-state index is 12.7. The number of aryl methyl sites for hydroxylation is 1. The molecule has 1 saturated heterocycles. The zero-order valence-corrected chi connectivity index (χ0v) is 16.2. The zero-order valence-electron chi connectivity index (χ0n) is 15.4. The first kappa shape index (κ1) is 18.1. The molecular formula is C22H23ClN2O2. The highest BCUT2D eigenvalue weighted by Gasteiger charge is 2.19. The summed E-state index contributed by atoms with van der Waals surface area (Å²) >= 11 is 6.19. The van der Waals surface area contributed by atoms with Crippen LogP contribution in [0.4, 0.5) is 0 Å². The molecule has 4 nitrogen and oxygen atoms in total. The minimum atomic E-state index is -0.212. The highest BCUT2D eigenvalue weighted by atomic mass is 35.5. The lowest BCUT2D eigenvalue weighted by molar-refractivity contribution is 0.0924. The van der Waals surface area contributed by atoms with Crippen molar-refractivity contribution in [3.63, 3.8) is 0 Å². The van der Waals surface area contributed by atoms with Crippen LogP contribution < -0.4 is 5.32 Å². The molecule has 2 heterocycles. The molecule has 1 aromatic heterocycles. The summed E-state index contributed by atoms with van der Waals surface area (Å²) in [6.45, 7) is 5.61. The number of nitrogens with one attached hydrogen (secondary N) is 1. The molecule has 0 unspecified atom stereocenters. The molecule has 1 aliphatic rings. The molecule has 1 amide bonds. The number of hydrogen-bond donors (Lipinski definition) is 1. The molecule has 0 radical (unpaired) electrons. The standard InChI is InChI=1S/C22H23ClN2O2/c1-15-18-9-6-10-19(23)21(18)27-20(15)22(26)24-13-16-7-2-3-8-17(16)14-25-11-4-5-12-25/h2-3,6-10H,4-5,11-14H2,1H3,(H,24,26). The molecule has 4 rings (SSSR count). The van der Waals surface area contributed by atoms with Crippen LogP contribution in [0, 0.1) is 6.92 Å². The van der Waals surface area contributed by atoms with E-state index < -0.39 is 0 Å². The van der Waals surface area contributed by atoms with Gasteiger partial charge in [0.05, 0.1) is 5.02 Å². The van der Waals surface area contributed by atoms with Gasteiger partial charge >= 0.3 is 0 Å². The van der Waals surface area contributed by atoms with E-state index in [0.29, 0.717) is 22.9 Å². The predicted molar refractivity (Wildman–Crippen MR) is 108 cm³/mol. The molecule has 2 aromatic carbocycles. The van der Waals surface area contributed by atoms with Gasteiger partial charge in [0.15, 0.2) is 11.3 Å². The smallest absolute Gasteiger partial charge is 0.287 e. The van der Waals surface area contributed by atoms with Crippen molar-refractivity contribution in [1.82, 2.24) is 10.2 Å². The number of carbonyl (C=O) groups is 1. The third-order valence-electron chi connectivity index (χ3n) is 5.27. The second kappa shape index (κ2) is 7.75. The first-order valence-corrected chi connectivity index (χ1v) is 9.76. The summed E-state index contributed by atoms with van der Waals surface area (Å²) in [7, 11) is 0. The Morgan fingerprint density at radius 3 is 2.59 bits per heavy atom. The van der Waals surface area contributed by atoms with Crippen LogP contribution >= 0.6 is 11.6 Å². The number of para-hydroxylation sites is 1. The van der Waals surface area contributed by atoms with Gasteiger partial charge in [-0.25, -0.2) is 0 Å². The number of likely N-dealkylation sites (tertiary alicyclic amines) is 1. The first-order chi connectivity index (χ1) is 13.1. The summed E-state index contributed by atoms with van der Waals surface area (Å²) in [6.07, 6.45) is 2.54. The number of benzene rings is 2. The summed E-state index contributed by atoms with van der Waals surface area (Å²) in [5, 5.41) is 4.40. The van der Waals surface area contributed by atoms with Gasteiger partial charge in [0, 0.05) is 24.0 Å². The second-order valence-electron chi connectivity index (χ2n) is 7.11. The quantitative estimate of drug-likeness (QED) is 0.681. The van der Waals surface area contributed by atoms with E-state index in [0.717, 1.165) is 36.1 Å². The van der Waals surface area contributed by atoms with Crippen molar-refractivity contribution in [1.29, 1.82) is 0 Å². The van der Waals surface area contributed by atoms with E-state index >= 15 is 0 Å². The molecule has 0 saturated carbocycles. The average molecular weight is 383 g/mol. The number of nitrogens with zero attached hydrogens (tertiary/aromatic N) is 1. The number of rotatable bonds is 5. The normalized spacial score (nSPS) is 14.7. The highest BCUT2D eigenvalue weighted by molar-refractivity contribution is 6.35. The van der Waals surface area contributed by atoms with Crippen molar-refractivity contribution in [2.24, 2.45) is 0 Å². The highest BCUT2D eigenvalue weighted by Crippen LogP contribution is 2.30. The molecule has 0 atom stereocenters. The number of carbonyl (C=O) groups excluding carboxylic acids is 1. The van der Waals surface area contributed by atoms with Crippen molar-refractivity contribution < 1.29 is 9.21 Å². The Balaban J connectivity index is 1.50. The zero-order chi connectivity index (χ0) is 18.8. The molecule has 1 N–H and O–H groups in total. The van der Waals surface area contributed by atoms with Gasteiger partial charge < -0.3 is 9.73 Å². The van der Waals surface area contributed by atoms with Gasteiger partial charge in [0.2, 0.25) is 0 Å². The van der Waals surface area contributed by atoms with Gasteiger partial charge in [0.25, 0.3) is 5.91 Å². The average Bonchev–Trinajstić information content (AvgIpc) is 3.30. The lowest BCUT2D eigenvalue weighted by atomic mass is 10.1. The summed E-state index contributed by atoms with van der Waals surface area (Å²) in [5.41, 5.74) is 3.79. The molecule has 1 fully saturated rings. The summed E-state index contributed by atoms with van der Waals surface area (Å²) in [6, 6.07) is 13.8. The lowest BCUT2D eigenvalue weighted by Crippen LogP contribution is -2.25. The molecule has 140 valence electrons. The third-order valence-corrected chi connectivity index (χ3v) is 5.57. The molecule has 1 aliphatic heterocycles. The fourth-order valence-electron chi connectivity index (χ4n) is 3.75. The Labute approximate surface area is 164 Å². The van der Waals surface area contributed by atoms with Crippen LogP contribution in [0.2, 0.25) is 5.02 Å². The number of furan rings is 1. The lowest BCUT2D eigenvalue weighted by Gasteiger charge is -2.17. The maximum absolute atomic E-state index is 12.7. The largest absolute Gasteiger partial charge is 0.449 e. The summed E-state index contributed by atoms with van der Waals surface area (Å²) in [5.74, 6) is 0.117. The fraction of sp³-hybridized carbons (Fsp3) is 0.318. The second-order valence-corrected chi connectivity index (χ2v) is 7.51. The van der Waals surface area contributed by atoms with Crippen LogP contribution in [-0.2, 0) is 13.1 Å². The third kappa shape index (κ3) is 3.73. The molecule has 27 heavy (non-hydrogen) atoms. The van der Waals surface area contributed by atoms with Crippen molar-refractivity contribution in [3.8, 4) is 0 Å². The van der Waals surface area contributed by atoms with Crippen LogP contribution in [-0.4, -0.2) is 23.9 Å². The molecule has 0 bridgehead atoms. The van der Waals surface area contributed by atoms with Gasteiger partial charge in [-0.2, -0.15) is 0 Å². The number of fused-ring (bicyclic) bond motifs is 1. The molecule has 0 aliphatic carbocycles. The Morgan fingerprint density at radius 2 is 1.85 bits per heavy atom. The van der Waals surface area contributed by atoms with Crippen LogP contribution in [0.1, 0.15) is 40.1 Å². The van der Waals surface area contributed by atoms with Crippen LogP contribution in [0.5, 0.6) is 0 Å². The topological polar surface area (TPSA) is 45.5 Å². The maximum Gasteiger partial charge on any atom is 0.287 e. The Bertz CT molecular complexity index is 974. The molecule has 5 heteroatoms. The van der Waals surface area contributed by atoms with Crippen LogP contribution in [0.15, 0.2) is 46.9 Å². The van der Waals surface area contributed by atoms with Crippen molar-refractivity contribution in [2.75, 3.05) is 13.1 Å². The van der Waals surface area contributed by atoms with Crippen LogP contribution in [0.3, 0.4) is 0 Å². The van der Waals surface area contributed by atoms with Gasteiger partial charge in [0.1, 0.15) is 0 Å². The Hall–Kier alpha value is -2.30. The van der Waals surface area contributed by atoms with Crippen molar-refractivity contribution in [2.45, 2.75) is 32.9 Å². The monoisotopic (exact) mass is 382 g/mol. The first-order valence-electron chi connectivity index (χ1n) is 9.38. The SMILES string of the molecule is Cc1c(C(=O)NCc2ccccc2CN2CCCC2)oc2c(Cl)cccc12. The van der Waals surface area contributed by atoms with Gasteiger partial charge in [-0.3, -0.25) is 9.69 Å². The van der Waals surface area contributed by atoms with Gasteiger partial charge in [-0.05, 0) is 50.0 Å².